The Morgan fingerprint density at radius 1 is 1.05 bits per heavy atom. The van der Waals surface area contributed by atoms with Crippen molar-refractivity contribution in [2.45, 2.75) is 117 Å². The van der Waals surface area contributed by atoms with Gasteiger partial charge < -0.3 is 4.74 Å². The second kappa shape index (κ2) is 11.5. The van der Waals surface area contributed by atoms with Gasteiger partial charge in [-0.3, -0.25) is 0 Å². The Hall–Kier alpha value is -0.990. The number of allylic oxidation sites excluding steroid dienone is 1. The van der Waals surface area contributed by atoms with E-state index in [-0.39, 0.29) is 17.5 Å². The Labute approximate surface area is 241 Å². The molecule has 0 heterocycles. The van der Waals surface area contributed by atoms with E-state index >= 15 is 0 Å². The molecule has 3 saturated carbocycles. The molecule has 1 aromatic carbocycles. The number of carbonyl (C=O) groups is 1. The molecule has 7 atom stereocenters. The summed E-state index contributed by atoms with van der Waals surface area (Å²) in [6, 6.07) is 4.98. The van der Waals surface area contributed by atoms with Crippen LogP contribution >= 0.6 is 23.2 Å². The van der Waals surface area contributed by atoms with Gasteiger partial charge >= 0.3 is 5.97 Å². The van der Waals surface area contributed by atoms with Crippen LogP contribution < -0.4 is 0 Å². The van der Waals surface area contributed by atoms with E-state index in [0.717, 1.165) is 48.9 Å². The number of unbranched alkanes of at least 4 members (excludes halogenated alkanes) is 1. The molecule has 0 unspecified atom stereocenters. The van der Waals surface area contributed by atoms with Crippen molar-refractivity contribution >= 4 is 29.2 Å². The number of esters is 1. The molecule has 5 rings (SSSR count). The number of hydrogen-bond donors (Lipinski definition) is 0. The van der Waals surface area contributed by atoms with Gasteiger partial charge in [0.1, 0.15) is 6.10 Å². The molecule has 0 N–H and O–H groups in total. The summed E-state index contributed by atoms with van der Waals surface area (Å²) in [5.74, 6) is 3.91. The third-order valence-corrected chi connectivity index (χ3v) is 12.1. The van der Waals surface area contributed by atoms with Gasteiger partial charge in [-0.25, -0.2) is 4.79 Å². The van der Waals surface area contributed by atoms with Gasteiger partial charge in [0, 0.05) is 11.4 Å². The topological polar surface area (TPSA) is 26.3 Å². The quantitative estimate of drug-likeness (QED) is 0.189. The third kappa shape index (κ3) is 5.47. The fourth-order valence-electron chi connectivity index (χ4n) is 9.33. The van der Waals surface area contributed by atoms with E-state index in [9.17, 15) is 4.79 Å². The zero-order chi connectivity index (χ0) is 27.1. The van der Waals surface area contributed by atoms with E-state index in [0.29, 0.717) is 21.0 Å². The van der Waals surface area contributed by atoms with E-state index < -0.39 is 0 Å². The van der Waals surface area contributed by atoms with Crippen molar-refractivity contribution in [3.05, 3.63) is 45.5 Å². The van der Waals surface area contributed by atoms with Crippen LogP contribution in [0, 0.1) is 40.4 Å². The van der Waals surface area contributed by atoms with Gasteiger partial charge in [-0.05, 0) is 110 Å². The van der Waals surface area contributed by atoms with Crippen molar-refractivity contribution in [2.75, 3.05) is 0 Å². The highest BCUT2D eigenvalue weighted by Crippen LogP contribution is 2.65. The molecule has 3 fully saturated rings. The van der Waals surface area contributed by atoms with Gasteiger partial charge in [0.25, 0.3) is 0 Å². The van der Waals surface area contributed by atoms with Crippen molar-refractivity contribution in [1.29, 1.82) is 0 Å². The maximum absolute atomic E-state index is 12.9. The Balaban J connectivity index is 1.25. The molecule has 4 aliphatic carbocycles. The molecular formula is C34H48Cl2O2. The van der Waals surface area contributed by atoms with Crippen LogP contribution in [-0.4, -0.2) is 12.1 Å². The molecule has 2 nitrogen and oxygen atoms in total. The number of rotatable bonds is 7. The van der Waals surface area contributed by atoms with Crippen molar-refractivity contribution in [3.63, 3.8) is 0 Å². The van der Waals surface area contributed by atoms with Gasteiger partial charge in [0.2, 0.25) is 0 Å². The van der Waals surface area contributed by atoms with Crippen LogP contribution in [0.3, 0.4) is 0 Å². The first-order valence-electron chi connectivity index (χ1n) is 15.5. The standard InChI is InChI=1S/C34H48Cl2O2/c1-22(2)8-5-6-9-23-10-7-11-29-27-14-12-24-20-26(38-32(37)28-15-13-25(35)21-31(28)36)16-18-34(24,4)30(27)17-19-33(23,29)3/h12-13,15,21-23,26-27,29-30H,5-11,14,16-20H2,1-4H3/t23-,26-,27+,29-,30+,33+,34+/m1/s1. The second-order valence-electron chi connectivity index (χ2n) is 14.0. The number of benzene rings is 1. The summed E-state index contributed by atoms with van der Waals surface area (Å²) in [4.78, 5) is 12.9. The smallest absolute Gasteiger partial charge is 0.339 e. The molecule has 0 bridgehead atoms. The van der Waals surface area contributed by atoms with Gasteiger partial charge in [0.05, 0.1) is 10.6 Å². The normalized spacial score (nSPS) is 36.6. The summed E-state index contributed by atoms with van der Waals surface area (Å²) in [7, 11) is 0. The van der Waals surface area contributed by atoms with Crippen molar-refractivity contribution in [1.82, 2.24) is 0 Å². The van der Waals surface area contributed by atoms with Crippen molar-refractivity contribution in [2.24, 2.45) is 40.4 Å². The molecule has 4 heteroatoms. The summed E-state index contributed by atoms with van der Waals surface area (Å²) >= 11 is 12.3. The molecule has 38 heavy (non-hydrogen) atoms. The van der Waals surface area contributed by atoms with Gasteiger partial charge in [-0.2, -0.15) is 0 Å². The Kier molecular flexibility index (Phi) is 8.62. The Morgan fingerprint density at radius 3 is 2.63 bits per heavy atom. The fourth-order valence-corrected chi connectivity index (χ4v) is 9.81. The predicted molar refractivity (Wildman–Crippen MR) is 159 cm³/mol. The SMILES string of the molecule is CC(C)CCCC[C@@H]1CCC[C@@H]2[C@@H]3CC=C4C[C@H](OC(=O)c5ccc(Cl)cc5Cl)CC[C@]4(C)[C@H]3CC[C@@]12C. The maximum Gasteiger partial charge on any atom is 0.339 e. The number of halogens is 2. The Morgan fingerprint density at radius 2 is 1.87 bits per heavy atom. The predicted octanol–water partition coefficient (Wildman–Crippen LogP) is 10.7. The first kappa shape index (κ1) is 28.5. The van der Waals surface area contributed by atoms with Crippen LogP contribution in [0.15, 0.2) is 29.8 Å². The summed E-state index contributed by atoms with van der Waals surface area (Å²) in [5, 5.41) is 0.889. The van der Waals surface area contributed by atoms with Crippen LogP contribution in [0.2, 0.25) is 10.0 Å². The molecule has 0 amide bonds. The molecule has 0 aliphatic heterocycles. The average molecular weight is 560 g/mol. The van der Waals surface area contributed by atoms with E-state index in [4.69, 9.17) is 27.9 Å². The zero-order valence-corrected chi connectivity index (χ0v) is 25.6. The van der Waals surface area contributed by atoms with E-state index in [1.54, 1.807) is 23.8 Å². The van der Waals surface area contributed by atoms with Crippen LogP contribution in [0.1, 0.15) is 122 Å². The molecule has 1 aromatic rings. The largest absolute Gasteiger partial charge is 0.458 e. The fraction of sp³-hybridized carbons (Fsp3) is 0.735. The molecule has 0 radical (unpaired) electrons. The molecule has 0 spiro atoms. The summed E-state index contributed by atoms with van der Waals surface area (Å²) in [6.07, 6.45) is 19.4. The number of hydrogen-bond acceptors (Lipinski definition) is 2. The minimum absolute atomic E-state index is 0.0659. The van der Waals surface area contributed by atoms with Crippen molar-refractivity contribution in [3.8, 4) is 0 Å². The highest BCUT2D eigenvalue weighted by Gasteiger charge is 2.57. The van der Waals surface area contributed by atoms with E-state index in [1.165, 1.54) is 64.2 Å². The van der Waals surface area contributed by atoms with Crippen LogP contribution in [0.4, 0.5) is 0 Å². The van der Waals surface area contributed by atoms with Gasteiger partial charge in [-0.15, -0.1) is 0 Å². The van der Waals surface area contributed by atoms with Crippen LogP contribution in [0.25, 0.3) is 0 Å². The zero-order valence-electron chi connectivity index (χ0n) is 24.0. The minimum atomic E-state index is -0.329. The highest BCUT2D eigenvalue weighted by atomic mass is 35.5. The van der Waals surface area contributed by atoms with Crippen molar-refractivity contribution < 1.29 is 9.53 Å². The van der Waals surface area contributed by atoms with E-state index in [1.807, 2.05) is 0 Å². The monoisotopic (exact) mass is 558 g/mol. The molecule has 210 valence electrons. The second-order valence-corrected chi connectivity index (χ2v) is 14.8. The average Bonchev–Trinajstić information content (AvgIpc) is 2.86. The number of carbonyl (C=O) groups excluding carboxylic acids is 1. The van der Waals surface area contributed by atoms with Crippen LogP contribution in [0.5, 0.6) is 0 Å². The first-order chi connectivity index (χ1) is 18.1. The lowest BCUT2D eigenvalue weighted by Gasteiger charge is -2.62. The summed E-state index contributed by atoms with van der Waals surface area (Å²) < 4.78 is 6.00. The molecule has 0 aromatic heterocycles. The molecule has 0 saturated heterocycles. The van der Waals surface area contributed by atoms with E-state index in [2.05, 4.69) is 33.8 Å². The summed E-state index contributed by atoms with van der Waals surface area (Å²) in [5.41, 5.74) is 2.75. The maximum atomic E-state index is 12.9. The lowest BCUT2D eigenvalue weighted by molar-refractivity contribution is -0.0994. The number of fused-ring (bicyclic) bond motifs is 5. The minimum Gasteiger partial charge on any atom is -0.458 e. The van der Waals surface area contributed by atoms with Gasteiger partial charge in [0.15, 0.2) is 0 Å². The lowest BCUT2D eigenvalue weighted by atomic mass is 9.43. The lowest BCUT2D eigenvalue weighted by Crippen LogP contribution is -2.54. The summed E-state index contributed by atoms with van der Waals surface area (Å²) in [6.45, 7) is 9.94. The highest BCUT2D eigenvalue weighted by molar-refractivity contribution is 6.36. The molecular weight excluding hydrogens is 511 g/mol. The Bertz CT molecular complexity index is 1050. The van der Waals surface area contributed by atoms with Gasteiger partial charge in [-0.1, -0.05) is 88.2 Å². The molecule has 4 aliphatic rings. The third-order valence-electron chi connectivity index (χ3n) is 11.5. The first-order valence-corrected chi connectivity index (χ1v) is 16.2. The number of ether oxygens (including phenoxy) is 1. The van der Waals surface area contributed by atoms with Crippen LogP contribution in [-0.2, 0) is 4.74 Å².